The second-order valence-corrected chi connectivity index (χ2v) is 6.68. The number of likely N-dealkylation sites (tertiary alicyclic amines) is 1. The van der Waals surface area contributed by atoms with E-state index in [2.05, 4.69) is 15.3 Å². The Morgan fingerprint density at radius 2 is 2.21 bits per heavy atom. The fourth-order valence-corrected chi connectivity index (χ4v) is 3.04. The summed E-state index contributed by atoms with van der Waals surface area (Å²) in [5.74, 6) is -0.102. The van der Waals surface area contributed by atoms with Crippen LogP contribution in [-0.4, -0.2) is 49.0 Å². The van der Waals surface area contributed by atoms with E-state index in [0.717, 1.165) is 6.42 Å². The molecule has 1 aliphatic heterocycles. The number of piperidine rings is 1. The molecule has 7 heteroatoms. The summed E-state index contributed by atoms with van der Waals surface area (Å²) in [6.07, 6.45) is 4.73. The van der Waals surface area contributed by atoms with E-state index in [0.29, 0.717) is 29.9 Å². The molecule has 128 valence electrons. The van der Waals surface area contributed by atoms with Crippen LogP contribution in [0.4, 0.5) is 0 Å². The predicted octanol–water partition coefficient (Wildman–Crippen LogP) is 1.69. The third-order valence-electron chi connectivity index (χ3n) is 4.51. The van der Waals surface area contributed by atoms with Gasteiger partial charge in [0.1, 0.15) is 11.3 Å². The maximum atomic E-state index is 12.8. The summed E-state index contributed by atoms with van der Waals surface area (Å²) in [7, 11) is 0. The molecule has 1 fully saturated rings. The van der Waals surface area contributed by atoms with Crippen LogP contribution in [0.15, 0.2) is 24.5 Å². The van der Waals surface area contributed by atoms with Gasteiger partial charge in [-0.2, -0.15) is 0 Å². The van der Waals surface area contributed by atoms with Gasteiger partial charge in [0.2, 0.25) is 0 Å². The van der Waals surface area contributed by atoms with Crippen molar-refractivity contribution in [3.05, 3.63) is 41.5 Å². The minimum absolute atomic E-state index is 0.102. The van der Waals surface area contributed by atoms with E-state index < -0.39 is 5.60 Å². The van der Waals surface area contributed by atoms with Gasteiger partial charge in [-0.1, -0.05) is 5.21 Å². The lowest BCUT2D eigenvalue weighted by Crippen LogP contribution is -2.49. The largest absolute Gasteiger partial charge is 0.382 e. The van der Waals surface area contributed by atoms with Gasteiger partial charge in [0.25, 0.3) is 5.91 Å². The van der Waals surface area contributed by atoms with Crippen molar-refractivity contribution in [1.29, 1.82) is 0 Å². The van der Waals surface area contributed by atoms with Crippen molar-refractivity contribution in [3.8, 4) is 0 Å². The van der Waals surface area contributed by atoms with E-state index in [-0.39, 0.29) is 18.5 Å². The molecule has 0 radical (unpaired) electrons. The molecule has 3 rings (SSSR count). The maximum Gasteiger partial charge on any atom is 0.255 e. The van der Waals surface area contributed by atoms with Gasteiger partial charge in [0.15, 0.2) is 0 Å². The number of carbonyl (C=O) groups is 1. The number of nitrogens with zero attached hydrogens (tertiary/aromatic N) is 5. The van der Waals surface area contributed by atoms with Crippen molar-refractivity contribution in [1.82, 2.24) is 24.9 Å². The van der Waals surface area contributed by atoms with Gasteiger partial charge in [-0.25, -0.2) is 4.68 Å². The molecule has 0 spiro atoms. The molecule has 0 aromatic carbocycles. The lowest BCUT2D eigenvalue weighted by molar-refractivity contribution is -0.0321. The van der Waals surface area contributed by atoms with Crippen molar-refractivity contribution in [3.63, 3.8) is 0 Å². The molecule has 3 heterocycles. The molecule has 2 aromatic heterocycles. The van der Waals surface area contributed by atoms with Crippen LogP contribution in [0, 0.1) is 6.92 Å². The Labute approximate surface area is 141 Å². The Kier molecular flexibility index (Phi) is 4.36. The van der Waals surface area contributed by atoms with Gasteiger partial charge in [-0.15, -0.1) is 5.10 Å². The second kappa shape index (κ2) is 6.32. The first-order valence-electron chi connectivity index (χ1n) is 8.26. The fourth-order valence-electron chi connectivity index (χ4n) is 3.04. The number of aromatic nitrogens is 4. The zero-order valence-corrected chi connectivity index (χ0v) is 14.3. The standard InChI is InChI=1S/C17H23N5O2/c1-12(2)22-10-15(19-20-22)17(24)7-5-9-21(11-17)16(23)14-6-4-8-18-13(14)3/h4,6,8,10,12,24H,5,7,9,11H2,1-3H3/t17-/m1/s1. The van der Waals surface area contributed by atoms with E-state index in [1.165, 1.54) is 0 Å². The quantitative estimate of drug-likeness (QED) is 0.926. The number of hydrogen-bond donors (Lipinski definition) is 1. The third-order valence-corrected chi connectivity index (χ3v) is 4.51. The molecule has 1 amide bonds. The number of amides is 1. The van der Waals surface area contributed by atoms with E-state index in [1.807, 2.05) is 20.8 Å². The Bertz CT molecular complexity index is 742. The van der Waals surface area contributed by atoms with Crippen LogP contribution in [-0.2, 0) is 5.60 Å². The van der Waals surface area contributed by atoms with Crippen LogP contribution in [0.1, 0.15) is 54.5 Å². The minimum Gasteiger partial charge on any atom is -0.382 e. The molecule has 7 nitrogen and oxygen atoms in total. The number of aliphatic hydroxyl groups is 1. The van der Waals surface area contributed by atoms with Crippen molar-refractivity contribution < 1.29 is 9.90 Å². The number of pyridine rings is 1. The molecule has 1 saturated heterocycles. The highest BCUT2D eigenvalue weighted by Gasteiger charge is 2.39. The molecule has 1 aliphatic rings. The molecule has 2 aromatic rings. The zero-order valence-electron chi connectivity index (χ0n) is 14.3. The molecular weight excluding hydrogens is 306 g/mol. The lowest BCUT2D eigenvalue weighted by Gasteiger charge is -2.38. The van der Waals surface area contributed by atoms with Crippen LogP contribution in [0.25, 0.3) is 0 Å². The van der Waals surface area contributed by atoms with Gasteiger partial charge in [-0.3, -0.25) is 9.78 Å². The highest BCUT2D eigenvalue weighted by Crippen LogP contribution is 2.31. The summed E-state index contributed by atoms with van der Waals surface area (Å²) in [5.41, 5.74) is 0.642. The zero-order chi connectivity index (χ0) is 17.3. The number of carbonyl (C=O) groups excluding carboxylic acids is 1. The molecule has 0 unspecified atom stereocenters. The number of hydrogen-bond acceptors (Lipinski definition) is 5. The van der Waals surface area contributed by atoms with Crippen LogP contribution in [0.5, 0.6) is 0 Å². The van der Waals surface area contributed by atoms with Gasteiger partial charge >= 0.3 is 0 Å². The van der Waals surface area contributed by atoms with E-state index >= 15 is 0 Å². The van der Waals surface area contributed by atoms with Crippen LogP contribution in [0.3, 0.4) is 0 Å². The molecule has 1 N–H and O–H groups in total. The summed E-state index contributed by atoms with van der Waals surface area (Å²) in [4.78, 5) is 18.6. The average Bonchev–Trinajstić information content (AvgIpc) is 3.06. The van der Waals surface area contributed by atoms with Crippen LogP contribution < -0.4 is 0 Å². The fraction of sp³-hybridized carbons (Fsp3) is 0.529. The molecule has 24 heavy (non-hydrogen) atoms. The summed E-state index contributed by atoms with van der Waals surface area (Å²) in [6, 6.07) is 3.70. The Morgan fingerprint density at radius 3 is 2.88 bits per heavy atom. The van der Waals surface area contributed by atoms with E-state index in [9.17, 15) is 9.90 Å². The number of rotatable bonds is 3. The van der Waals surface area contributed by atoms with Gasteiger partial charge in [0.05, 0.1) is 18.3 Å². The van der Waals surface area contributed by atoms with Crippen molar-refractivity contribution in [2.45, 2.75) is 45.3 Å². The average molecular weight is 329 g/mol. The number of β-amino-alcohol motifs (C(OH)–C–C–N with tert-alkyl or cyclic N) is 1. The number of aryl methyl sites for hydroxylation is 1. The smallest absolute Gasteiger partial charge is 0.255 e. The second-order valence-electron chi connectivity index (χ2n) is 6.68. The summed E-state index contributed by atoms with van der Waals surface area (Å²) in [6.45, 7) is 6.66. The minimum atomic E-state index is -1.16. The van der Waals surface area contributed by atoms with Crippen LogP contribution in [0.2, 0.25) is 0 Å². The molecule has 0 bridgehead atoms. The van der Waals surface area contributed by atoms with E-state index in [1.54, 1.807) is 34.1 Å². The summed E-state index contributed by atoms with van der Waals surface area (Å²) < 4.78 is 1.72. The van der Waals surface area contributed by atoms with Crippen molar-refractivity contribution >= 4 is 5.91 Å². The first kappa shape index (κ1) is 16.6. The molecule has 1 atom stereocenters. The highest BCUT2D eigenvalue weighted by atomic mass is 16.3. The Morgan fingerprint density at radius 1 is 1.42 bits per heavy atom. The molecule has 0 saturated carbocycles. The monoisotopic (exact) mass is 329 g/mol. The van der Waals surface area contributed by atoms with Gasteiger partial charge in [0, 0.05) is 24.5 Å². The predicted molar refractivity (Wildman–Crippen MR) is 88.4 cm³/mol. The van der Waals surface area contributed by atoms with Gasteiger partial charge in [-0.05, 0) is 45.7 Å². The topological polar surface area (TPSA) is 84.1 Å². The Hall–Kier alpha value is -2.28. The van der Waals surface area contributed by atoms with Crippen molar-refractivity contribution in [2.24, 2.45) is 0 Å². The first-order chi connectivity index (χ1) is 11.4. The highest BCUT2D eigenvalue weighted by molar-refractivity contribution is 5.95. The normalized spacial score (nSPS) is 21.3. The maximum absolute atomic E-state index is 12.8. The molecular formula is C17H23N5O2. The SMILES string of the molecule is Cc1ncccc1C(=O)N1CCC[C@](O)(c2cn(C(C)C)nn2)C1. The summed E-state index contributed by atoms with van der Waals surface area (Å²) >= 11 is 0. The van der Waals surface area contributed by atoms with Gasteiger partial charge < -0.3 is 10.0 Å². The third kappa shape index (κ3) is 3.03. The van der Waals surface area contributed by atoms with E-state index in [4.69, 9.17) is 0 Å². The summed E-state index contributed by atoms with van der Waals surface area (Å²) in [5, 5.41) is 19.2. The molecule has 0 aliphatic carbocycles. The lowest BCUT2D eigenvalue weighted by atomic mass is 9.89. The Balaban J connectivity index is 1.83. The first-order valence-corrected chi connectivity index (χ1v) is 8.26. The van der Waals surface area contributed by atoms with Crippen molar-refractivity contribution in [2.75, 3.05) is 13.1 Å². The van der Waals surface area contributed by atoms with Crippen LogP contribution >= 0.6 is 0 Å².